The number of aromatic nitrogens is 1. The molecule has 1 atom stereocenters. The van der Waals surface area contributed by atoms with E-state index >= 15 is 0 Å². The van der Waals surface area contributed by atoms with E-state index in [1.807, 2.05) is 42.5 Å². The Morgan fingerprint density at radius 2 is 1.78 bits per heavy atom. The number of thiazole rings is 1. The largest absolute Gasteiger partial charge is 0.318 e. The number of rotatable bonds is 2. The highest BCUT2D eigenvalue weighted by molar-refractivity contribution is 7.18. The van der Waals surface area contributed by atoms with E-state index in [0.29, 0.717) is 5.02 Å². The molecule has 18 heavy (non-hydrogen) atoms. The Kier molecular flexibility index (Phi) is 3.04. The molecule has 0 aliphatic heterocycles. The summed E-state index contributed by atoms with van der Waals surface area (Å²) in [4.78, 5) is 4.57. The van der Waals surface area contributed by atoms with Crippen LogP contribution in [-0.4, -0.2) is 4.98 Å². The minimum absolute atomic E-state index is 0.268. The Morgan fingerprint density at radius 3 is 2.56 bits per heavy atom. The molecule has 1 unspecified atom stereocenters. The molecule has 0 aliphatic rings. The van der Waals surface area contributed by atoms with Crippen LogP contribution in [0, 0.1) is 0 Å². The number of benzene rings is 2. The number of hydrogen-bond donors (Lipinski definition) is 1. The molecule has 2 N–H and O–H groups in total. The van der Waals surface area contributed by atoms with Gasteiger partial charge in [-0.3, -0.25) is 0 Å². The highest BCUT2D eigenvalue weighted by Crippen LogP contribution is 2.31. The van der Waals surface area contributed by atoms with Gasteiger partial charge in [0.1, 0.15) is 5.01 Å². The first kappa shape index (κ1) is 11.7. The van der Waals surface area contributed by atoms with Crippen LogP contribution in [0.3, 0.4) is 0 Å². The van der Waals surface area contributed by atoms with Crippen molar-refractivity contribution in [2.24, 2.45) is 5.73 Å². The molecule has 0 radical (unpaired) electrons. The second kappa shape index (κ2) is 4.69. The van der Waals surface area contributed by atoms with Crippen LogP contribution in [0.4, 0.5) is 0 Å². The SMILES string of the molecule is NC(c1nc2ccccc2s1)c1ccccc1Cl. The predicted octanol–water partition coefficient (Wildman–Crippen LogP) is 4.00. The minimum Gasteiger partial charge on any atom is -0.318 e. The fraction of sp³-hybridized carbons (Fsp3) is 0.0714. The van der Waals surface area contributed by atoms with Crippen molar-refractivity contribution in [1.29, 1.82) is 0 Å². The second-order valence-electron chi connectivity index (χ2n) is 4.02. The number of nitrogens with zero attached hydrogens (tertiary/aromatic N) is 1. The van der Waals surface area contributed by atoms with Crippen LogP contribution in [0.1, 0.15) is 16.6 Å². The molecule has 0 saturated heterocycles. The van der Waals surface area contributed by atoms with Gasteiger partial charge in [0.15, 0.2) is 0 Å². The third-order valence-corrected chi connectivity index (χ3v) is 4.28. The number of halogens is 1. The van der Waals surface area contributed by atoms with Crippen molar-refractivity contribution in [1.82, 2.24) is 4.98 Å². The fourth-order valence-electron chi connectivity index (χ4n) is 1.88. The summed E-state index contributed by atoms with van der Waals surface area (Å²) in [7, 11) is 0. The fourth-order valence-corrected chi connectivity index (χ4v) is 3.12. The normalized spacial score (nSPS) is 12.8. The molecule has 90 valence electrons. The Hall–Kier alpha value is -1.42. The second-order valence-corrected chi connectivity index (χ2v) is 5.49. The van der Waals surface area contributed by atoms with Crippen LogP contribution in [0.25, 0.3) is 10.2 Å². The van der Waals surface area contributed by atoms with E-state index in [4.69, 9.17) is 17.3 Å². The van der Waals surface area contributed by atoms with Crippen LogP contribution in [-0.2, 0) is 0 Å². The molecule has 0 amide bonds. The first-order valence-corrected chi connectivity index (χ1v) is 6.80. The number of hydrogen-bond acceptors (Lipinski definition) is 3. The summed E-state index contributed by atoms with van der Waals surface area (Å²) < 4.78 is 1.15. The summed E-state index contributed by atoms with van der Waals surface area (Å²) in [6.45, 7) is 0. The van der Waals surface area contributed by atoms with Gasteiger partial charge in [0.25, 0.3) is 0 Å². The van der Waals surface area contributed by atoms with Gasteiger partial charge in [-0.1, -0.05) is 41.9 Å². The monoisotopic (exact) mass is 274 g/mol. The lowest BCUT2D eigenvalue weighted by molar-refractivity contribution is 0.862. The molecule has 0 fully saturated rings. The van der Waals surface area contributed by atoms with Gasteiger partial charge in [0, 0.05) is 5.02 Å². The summed E-state index contributed by atoms with van der Waals surface area (Å²) in [6, 6.07) is 15.4. The zero-order valence-corrected chi connectivity index (χ0v) is 11.1. The summed E-state index contributed by atoms with van der Waals surface area (Å²) in [5.41, 5.74) is 8.15. The van der Waals surface area contributed by atoms with E-state index in [9.17, 15) is 0 Å². The van der Waals surface area contributed by atoms with Gasteiger partial charge >= 0.3 is 0 Å². The first-order valence-electron chi connectivity index (χ1n) is 5.61. The van der Waals surface area contributed by atoms with Crippen LogP contribution in [0.15, 0.2) is 48.5 Å². The van der Waals surface area contributed by atoms with Crippen molar-refractivity contribution in [3.05, 3.63) is 64.1 Å². The molecular weight excluding hydrogens is 264 g/mol. The molecule has 1 heterocycles. The molecule has 3 aromatic rings. The number of para-hydroxylation sites is 1. The van der Waals surface area contributed by atoms with Crippen LogP contribution < -0.4 is 5.73 Å². The van der Waals surface area contributed by atoms with Gasteiger partial charge in [-0.05, 0) is 23.8 Å². The molecule has 0 saturated carbocycles. The molecular formula is C14H11ClN2S. The van der Waals surface area contributed by atoms with Crippen molar-refractivity contribution >= 4 is 33.2 Å². The van der Waals surface area contributed by atoms with Crippen LogP contribution >= 0.6 is 22.9 Å². The Bertz CT molecular complexity index is 660. The molecule has 0 bridgehead atoms. The van der Waals surface area contributed by atoms with Gasteiger partial charge in [0.2, 0.25) is 0 Å². The lowest BCUT2D eigenvalue weighted by Crippen LogP contribution is -2.11. The zero-order valence-electron chi connectivity index (χ0n) is 9.51. The lowest BCUT2D eigenvalue weighted by Gasteiger charge is -2.10. The van der Waals surface area contributed by atoms with E-state index in [1.165, 1.54) is 0 Å². The van der Waals surface area contributed by atoms with Crippen LogP contribution in [0.2, 0.25) is 5.02 Å². The van der Waals surface area contributed by atoms with Gasteiger partial charge in [-0.2, -0.15) is 0 Å². The summed E-state index contributed by atoms with van der Waals surface area (Å²) in [5, 5.41) is 1.58. The Morgan fingerprint density at radius 1 is 1.06 bits per heavy atom. The van der Waals surface area contributed by atoms with Gasteiger partial charge in [-0.15, -0.1) is 11.3 Å². The molecule has 4 heteroatoms. The maximum absolute atomic E-state index is 6.24. The van der Waals surface area contributed by atoms with Crippen molar-refractivity contribution < 1.29 is 0 Å². The number of fused-ring (bicyclic) bond motifs is 1. The quantitative estimate of drug-likeness (QED) is 0.767. The van der Waals surface area contributed by atoms with E-state index in [1.54, 1.807) is 11.3 Å². The standard InChI is InChI=1S/C14H11ClN2S/c15-10-6-2-1-5-9(10)13(16)14-17-11-7-3-4-8-12(11)18-14/h1-8,13H,16H2. The van der Waals surface area contributed by atoms with E-state index in [-0.39, 0.29) is 6.04 Å². The van der Waals surface area contributed by atoms with Crippen molar-refractivity contribution in [3.63, 3.8) is 0 Å². The average molecular weight is 275 g/mol. The molecule has 2 aromatic carbocycles. The van der Waals surface area contributed by atoms with Crippen molar-refractivity contribution in [2.75, 3.05) is 0 Å². The van der Waals surface area contributed by atoms with E-state index in [0.717, 1.165) is 20.8 Å². The predicted molar refractivity (Wildman–Crippen MR) is 77.1 cm³/mol. The molecule has 2 nitrogen and oxygen atoms in total. The van der Waals surface area contributed by atoms with Gasteiger partial charge < -0.3 is 5.73 Å². The maximum atomic E-state index is 6.24. The molecule has 1 aromatic heterocycles. The summed E-state index contributed by atoms with van der Waals surface area (Å²) in [6.07, 6.45) is 0. The van der Waals surface area contributed by atoms with Crippen LogP contribution in [0.5, 0.6) is 0 Å². The molecule has 0 spiro atoms. The molecule has 3 rings (SSSR count). The zero-order chi connectivity index (χ0) is 12.5. The smallest absolute Gasteiger partial charge is 0.115 e. The third kappa shape index (κ3) is 2.01. The highest BCUT2D eigenvalue weighted by atomic mass is 35.5. The third-order valence-electron chi connectivity index (χ3n) is 2.82. The minimum atomic E-state index is -0.268. The Balaban J connectivity index is 2.07. The van der Waals surface area contributed by atoms with E-state index < -0.39 is 0 Å². The lowest BCUT2D eigenvalue weighted by atomic mass is 10.1. The average Bonchev–Trinajstić information content (AvgIpc) is 2.82. The van der Waals surface area contributed by atoms with Gasteiger partial charge in [-0.25, -0.2) is 4.98 Å². The number of nitrogens with two attached hydrogens (primary N) is 1. The van der Waals surface area contributed by atoms with E-state index in [2.05, 4.69) is 11.1 Å². The first-order chi connectivity index (χ1) is 8.75. The highest BCUT2D eigenvalue weighted by Gasteiger charge is 2.16. The maximum Gasteiger partial charge on any atom is 0.115 e. The van der Waals surface area contributed by atoms with Gasteiger partial charge in [0.05, 0.1) is 16.3 Å². The summed E-state index contributed by atoms with van der Waals surface area (Å²) >= 11 is 7.78. The topological polar surface area (TPSA) is 38.9 Å². The van der Waals surface area contributed by atoms with Crippen molar-refractivity contribution in [2.45, 2.75) is 6.04 Å². The summed E-state index contributed by atoms with van der Waals surface area (Å²) in [5.74, 6) is 0. The van der Waals surface area contributed by atoms with Crippen molar-refractivity contribution in [3.8, 4) is 0 Å². The molecule has 0 aliphatic carbocycles. The Labute approximate surface area is 114 Å².